The lowest BCUT2D eigenvalue weighted by Gasteiger charge is -2.38. The van der Waals surface area contributed by atoms with Crippen molar-refractivity contribution in [2.75, 3.05) is 27.4 Å². The van der Waals surface area contributed by atoms with Crippen molar-refractivity contribution in [3.8, 4) is 11.5 Å². The van der Waals surface area contributed by atoms with Gasteiger partial charge in [-0.3, -0.25) is 4.79 Å². The predicted octanol–water partition coefficient (Wildman–Crippen LogP) is 2.69. The zero-order chi connectivity index (χ0) is 15.9. The molecular formula is C17H22O5. The Morgan fingerprint density at radius 1 is 1.09 bits per heavy atom. The molecule has 0 radical (unpaired) electrons. The summed E-state index contributed by atoms with van der Waals surface area (Å²) in [6.07, 6.45) is -0.281. The second-order valence-electron chi connectivity index (χ2n) is 6.02. The number of rotatable bonds is 3. The molecule has 0 N–H and O–H groups in total. The fraction of sp³-hybridized carbons (Fsp3) is 0.588. The van der Waals surface area contributed by atoms with Gasteiger partial charge in [0, 0.05) is 18.4 Å². The van der Waals surface area contributed by atoms with Crippen LogP contribution >= 0.6 is 0 Å². The molecule has 1 aromatic carbocycles. The minimum absolute atomic E-state index is 0.199. The van der Waals surface area contributed by atoms with Crippen molar-refractivity contribution in [1.82, 2.24) is 0 Å². The highest BCUT2D eigenvalue weighted by Crippen LogP contribution is 2.51. The van der Waals surface area contributed by atoms with Gasteiger partial charge in [-0.2, -0.15) is 0 Å². The number of ether oxygens (including phenoxy) is 4. The van der Waals surface area contributed by atoms with Gasteiger partial charge >= 0.3 is 5.97 Å². The van der Waals surface area contributed by atoms with Crippen LogP contribution in [0.4, 0.5) is 0 Å². The molecule has 4 atom stereocenters. The molecule has 5 heteroatoms. The lowest BCUT2D eigenvalue weighted by Crippen LogP contribution is -2.33. The first-order chi connectivity index (χ1) is 10.6. The highest BCUT2D eigenvalue weighted by Gasteiger charge is 2.46. The monoisotopic (exact) mass is 306 g/mol. The molecule has 0 aromatic heterocycles. The van der Waals surface area contributed by atoms with Gasteiger partial charge in [-0.25, -0.2) is 0 Å². The van der Waals surface area contributed by atoms with Crippen molar-refractivity contribution in [3.05, 3.63) is 23.3 Å². The minimum atomic E-state index is -0.281. The summed E-state index contributed by atoms with van der Waals surface area (Å²) in [7, 11) is 3.24. The van der Waals surface area contributed by atoms with Gasteiger partial charge < -0.3 is 18.9 Å². The number of benzene rings is 1. The molecule has 1 fully saturated rings. The standard InChI is InChI=1S/C17H22O5/c1-9-11-5-15(19-3)16(20-4)6-12(11)17(22-10(2)18)14-8-21-7-13(9)14/h5-6,9,13-14,17H,7-8H2,1-4H3/t9-,13+,14+,17?/m0/s1. The molecule has 1 aliphatic heterocycles. The second-order valence-corrected chi connectivity index (χ2v) is 6.02. The van der Waals surface area contributed by atoms with Crippen LogP contribution in [0.3, 0.4) is 0 Å². The molecule has 1 aromatic rings. The SMILES string of the molecule is COc1cc2c(cc1OC)[C@H](C)[C@H]1COC[C@H]1C2OC(C)=O. The Balaban J connectivity index is 2.12. The van der Waals surface area contributed by atoms with E-state index in [1.54, 1.807) is 14.2 Å². The molecule has 0 bridgehead atoms. The smallest absolute Gasteiger partial charge is 0.303 e. The molecule has 1 heterocycles. The Kier molecular flexibility index (Phi) is 4.00. The fourth-order valence-electron chi connectivity index (χ4n) is 3.76. The highest BCUT2D eigenvalue weighted by atomic mass is 16.5. The Morgan fingerprint density at radius 3 is 2.27 bits per heavy atom. The fourth-order valence-corrected chi connectivity index (χ4v) is 3.76. The maximum absolute atomic E-state index is 11.6. The van der Waals surface area contributed by atoms with E-state index in [4.69, 9.17) is 18.9 Å². The van der Waals surface area contributed by atoms with Gasteiger partial charge in [-0.15, -0.1) is 0 Å². The van der Waals surface area contributed by atoms with Crippen molar-refractivity contribution in [1.29, 1.82) is 0 Å². The Labute approximate surface area is 130 Å². The molecule has 22 heavy (non-hydrogen) atoms. The first-order valence-electron chi connectivity index (χ1n) is 7.57. The van der Waals surface area contributed by atoms with Crippen LogP contribution in [0.1, 0.15) is 37.0 Å². The van der Waals surface area contributed by atoms with E-state index in [9.17, 15) is 4.79 Å². The summed E-state index contributed by atoms with van der Waals surface area (Å²) < 4.78 is 22.1. The second kappa shape index (κ2) is 5.80. The van der Waals surface area contributed by atoms with Crippen LogP contribution in [0.5, 0.6) is 11.5 Å². The average Bonchev–Trinajstić information content (AvgIpc) is 2.99. The van der Waals surface area contributed by atoms with E-state index < -0.39 is 0 Å². The average molecular weight is 306 g/mol. The molecule has 0 spiro atoms. The largest absolute Gasteiger partial charge is 0.493 e. The van der Waals surface area contributed by atoms with Crippen LogP contribution in [-0.4, -0.2) is 33.4 Å². The predicted molar refractivity (Wildman–Crippen MR) is 80.3 cm³/mol. The Hall–Kier alpha value is -1.75. The first-order valence-corrected chi connectivity index (χ1v) is 7.57. The first kappa shape index (κ1) is 15.2. The summed E-state index contributed by atoms with van der Waals surface area (Å²) >= 11 is 0. The van der Waals surface area contributed by atoms with E-state index in [1.807, 2.05) is 12.1 Å². The Bertz CT molecular complexity index is 583. The van der Waals surface area contributed by atoms with Crippen LogP contribution in [0.25, 0.3) is 0 Å². The molecule has 3 rings (SSSR count). The van der Waals surface area contributed by atoms with Crippen molar-refractivity contribution in [2.24, 2.45) is 11.8 Å². The molecule has 2 aliphatic rings. The van der Waals surface area contributed by atoms with Crippen molar-refractivity contribution in [2.45, 2.75) is 25.9 Å². The highest BCUT2D eigenvalue weighted by molar-refractivity contribution is 5.67. The summed E-state index contributed by atoms with van der Waals surface area (Å²) in [5.74, 6) is 1.97. The van der Waals surface area contributed by atoms with Crippen LogP contribution in [0, 0.1) is 11.8 Å². The maximum atomic E-state index is 11.6. The van der Waals surface area contributed by atoms with Gasteiger partial charge in [0.15, 0.2) is 11.5 Å². The Morgan fingerprint density at radius 2 is 1.68 bits per heavy atom. The number of carbonyl (C=O) groups excluding carboxylic acids is 1. The number of hydrogen-bond acceptors (Lipinski definition) is 5. The molecule has 0 amide bonds. The van der Waals surface area contributed by atoms with Crippen LogP contribution in [-0.2, 0) is 14.3 Å². The number of fused-ring (bicyclic) bond motifs is 2. The van der Waals surface area contributed by atoms with Gasteiger partial charge in [0.05, 0.1) is 27.4 Å². The van der Waals surface area contributed by atoms with Gasteiger partial charge in [0.1, 0.15) is 6.10 Å². The van der Waals surface area contributed by atoms with E-state index in [0.717, 1.165) is 11.1 Å². The molecule has 5 nitrogen and oxygen atoms in total. The molecule has 0 saturated carbocycles. The van der Waals surface area contributed by atoms with Crippen molar-refractivity contribution < 1.29 is 23.7 Å². The molecule has 1 saturated heterocycles. The van der Waals surface area contributed by atoms with E-state index >= 15 is 0 Å². The van der Waals surface area contributed by atoms with Crippen molar-refractivity contribution in [3.63, 3.8) is 0 Å². The summed E-state index contributed by atoms with van der Waals surface area (Å²) in [6, 6.07) is 3.94. The maximum Gasteiger partial charge on any atom is 0.303 e. The lowest BCUT2D eigenvalue weighted by atomic mass is 9.69. The third-order valence-corrected chi connectivity index (χ3v) is 4.88. The van der Waals surface area contributed by atoms with E-state index in [0.29, 0.717) is 36.5 Å². The minimum Gasteiger partial charge on any atom is -0.493 e. The zero-order valence-corrected chi connectivity index (χ0v) is 13.4. The van der Waals surface area contributed by atoms with Gasteiger partial charge in [0.2, 0.25) is 0 Å². The van der Waals surface area contributed by atoms with Gasteiger partial charge in [0.25, 0.3) is 0 Å². The van der Waals surface area contributed by atoms with E-state index in [2.05, 4.69) is 6.92 Å². The summed E-state index contributed by atoms with van der Waals surface area (Å²) in [4.78, 5) is 11.6. The van der Waals surface area contributed by atoms with Crippen LogP contribution in [0.2, 0.25) is 0 Å². The van der Waals surface area contributed by atoms with Crippen LogP contribution < -0.4 is 9.47 Å². The third kappa shape index (κ3) is 2.33. The number of methoxy groups -OCH3 is 2. The number of esters is 1. The quantitative estimate of drug-likeness (QED) is 0.804. The number of hydrogen-bond donors (Lipinski definition) is 0. The normalized spacial score (nSPS) is 29.5. The van der Waals surface area contributed by atoms with E-state index in [-0.39, 0.29) is 18.0 Å². The van der Waals surface area contributed by atoms with Crippen molar-refractivity contribution >= 4 is 5.97 Å². The van der Waals surface area contributed by atoms with Gasteiger partial charge in [-0.05, 0) is 29.5 Å². The lowest BCUT2D eigenvalue weighted by molar-refractivity contribution is -0.151. The number of carbonyl (C=O) groups is 1. The molecule has 1 aliphatic carbocycles. The summed E-state index contributed by atoms with van der Waals surface area (Å²) in [5, 5.41) is 0. The zero-order valence-electron chi connectivity index (χ0n) is 13.4. The topological polar surface area (TPSA) is 54.0 Å². The van der Waals surface area contributed by atoms with E-state index in [1.165, 1.54) is 6.92 Å². The van der Waals surface area contributed by atoms with Crippen LogP contribution in [0.15, 0.2) is 12.1 Å². The van der Waals surface area contributed by atoms with Gasteiger partial charge in [-0.1, -0.05) is 6.92 Å². The molecular weight excluding hydrogens is 284 g/mol. The third-order valence-electron chi connectivity index (χ3n) is 4.88. The summed E-state index contributed by atoms with van der Waals surface area (Å²) in [6.45, 7) is 4.97. The summed E-state index contributed by atoms with van der Waals surface area (Å²) in [5.41, 5.74) is 2.16. The molecule has 1 unspecified atom stereocenters. The molecule has 120 valence electrons.